The average Bonchev–Trinajstić information content (AvgIpc) is 3.08. The summed E-state index contributed by atoms with van der Waals surface area (Å²) in [5.41, 5.74) is 5.66. The van der Waals surface area contributed by atoms with Crippen molar-refractivity contribution in [3.8, 4) is 0 Å². The zero-order chi connectivity index (χ0) is 17.4. The fourth-order valence-corrected chi connectivity index (χ4v) is 5.55. The van der Waals surface area contributed by atoms with E-state index < -0.39 is 10.0 Å². The van der Waals surface area contributed by atoms with E-state index in [0.29, 0.717) is 23.1 Å². The molecule has 4 rings (SSSR count). The molecule has 8 heteroatoms. The number of sulfonamides is 1. The molecular formula is C17H18N4O2S2. The molecule has 1 aliphatic heterocycles. The lowest BCUT2D eigenvalue weighted by molar-refractivity contribution is 0.314. The number of hydrogen-bond donors (Lipinski definition) is 1. The first-order valence-corrected chi connectivity index (χ1v) is 10.4. The van der Waals surface area contributed by atoms with E-state index in [0.717, 1.165) is 28.6 Å². The lowest BCUT2D eigenvalue weighted by Gasteiger charge is -2.30. The van der Waals surface area contributed by atoms with Crippen LogP contribution in [0.2, 0.25) is 0 Å². The van der Waals surface area contributed by atoms with Crippen LogP contribution >= 0.6 is 11.3 Å². The molecular weight excluding hydrogens is 356 g/mol. The van der Waals surface area contributed by atoms with Crippen molar-refractivity contribution in [3.05, 3.63) is 47.5 Å². The van der Waals surface area contributed by atoms with E-state index >= 15 is 0 Å². The number of nitrogen functional groups attached to an aromatic ring is 1. The Labute approximate surface area is 150 Å². The molecule has 0 spiro atoms. The molecule has 130 valence electrons. The first kappa shape index (κ1) is 16.4. The van der Waals surface area contributed by atoms with Crippen LogP contribution in [0.4, 0.5) is 5.13 Å². The third kappa shape index (κ3) is 3.12. The highest BCUT2D eigenvalue weighted by molar-refractivity contribution is 7.89. The Morgan fingerprint density at radius 2 is 1.92 bits per heavy atom. The summed E-state index contributed by atoms with van der Waals surface area (Å²) in [5, 5.41) is 11.1. The van der Waals surface area contributed by atoms with Crippen molar-refractivity contribution < 1.29 is 8.42 Å². The third-order valence-corrected chi connectivity index (χ3v) is 7.32. The van der Waals surface area contributed by atoms with Gasteiger partial charge in [-0.25, -0.2) is 8.42 Å². The molecule has 25 heavy (non-hydrogen) atoms. The van der Waals surface area contributed by atoms with E-state index in [9.17, 15) is 8.42 Å². The van der Waals surface area contributed by atoms with Crippen molar-refractivity contribution in [2.45, 2.75) is 23.7 Å². The van der Waals surface area contributed by atoms with Crippen molar-refractivity contribution in [2.24, 2.45) is 0 Å². The largest absolute Gasteiger partial charge is 0.374 e. The van der Waals surface area contributed by atoms with Gasteiger partial charge in [0.05, 0.1) is 4.90 Å². The standard InChI is InChI=1S/C17H18N4O2S2/c18-17-20-19-16(24-17)14-6-3-9-21(11-14)25(22,23)15-8-7-12-4-1-2-5-13(12)10-15/h1-2,4-5,7-8,10,14H,3,6,9,11H2,(H2,18,20)/t14-/m1/s1. The van der Waals surface area contributed by atoms with E-state index in [4.69, 9.17) is 5.73 Å². The zero-order valence-electron chi connectivity index (χ0n) is 13.5. The highest BCUT2D eigenvalue weighted by Gasteiger charge is 2.32. The van der Waals surface area contributed by atoms with Crippen molar-refractivity contribution >= 4 is 37.3 Å². The number of benzene rings is 2. The lowest BCUT2D eigenvalue weighted by atomic mass is 10.0. The van der Waals surface area contributed by atoms with Gasteiger partial charge >= 0.3 is 0 Å². The maximum absolute atomic E-state index is 13.1. The molecule has 1 fully saturated rings. The predicted molar refractivity (Wildman–Crippen MR) is 99.0 cm³/mol. The molecule has 1 atom stereocenters. The van der Waals surface area contributed by atoms with Gasteiger partial charge in [0.25, 0.3) is 0 Å². The fourth-order valence-electron chi connectivity index (χ4n) is 3.25. The number of nitrogens with two attached hydrogens (primary N) is 1. The van der Waals surface area contributed by atoms with E-state index in [-0.39, 0.29) is 5.92 Å². The van der Waals surface area contributed by atoms with Gasteiger partial charge in [-0.3, -0.25) is 0 Å². The van der Waals surface area contributed by atoms with Crippen LogP contribution in [0.5, 0.6) is 0 Å². The Balaban J connectivity index is 1.64. The number of anilines is 1. The summed E-state index contributed by atoms with van der Waals surface area (Å²) in [6, 6.07) is 13.0. The van der Waals surface area contributed by atoms with Crippen LogP contribution in [0.25, 0.3) is 10.8 Å². The van der Waals surface area contributed by atoms with Crippen LogP contribution in [0.15, 0.2) is 47.4 Å². The van der Waals surface area contributed by atoms with Gasteiger partial charge in [0, 0.05) is 19.0 Å². The Kier molecular flexibility index (Phi) is 4.18. The Morgan fingerprint density at radius 1 is 1.12 bits per heavy atom. The van der Waals surface area contributed by atoms with Gasteiger partial charge in [0.2, 0.25) is 15.2 Å². The van der Waals surface area contributed by atoms with Crippen molar-refractivity contribution in [1.82, 2.24) is 14.5 Å². The van der Waals surface area contributed by atoms with Gasteiger partial charge < -0.3 is 5.73 Å². The second kappa shape index (κ2) is 6.36. The number of rotatable bonds is 3. The van der Waals surface area contributed by atoms with Crippen LogP contribution in [0.3, 0.4) is 0 Å². The van der Waals surface area contributed by atoms with Crippen LogP contribution < -0.4 is 5.73 Å². The summed E-state index contributed by atoms with van der Waals surface area (Å²) in [5.74, 6) is 0.0544. The molecule has 0 radical (unpaired) electrons. The molecule has 1 saturated heterocycles. The molecule has 6 nitrogen and oxygen atoms in total. The van der Waals surface area contributed by atoms with E-state index in [1.54, 1.807) is 16.4 Å². The molecule has 1 aromatic heterocycles. The highest BCUT2D eigenvalue weighted by atomic mass is 32.2. The first-order valence-electron chi connectivity index (χ1n) is 8.12. The second-order valence-corrected chi connectivity index (χ2v) is 9.17. The van der Waals surface area contributed by atoms with Crippen LogP contribution in [-0.2, 0) is 10.0 Å². The van der Waals surface area contributed by atoms with Gasteiger partial charge in [0.1, 0.15) is 5.01 Å². The van der Waals surface area contributed by atoms with E-state index in [1.807, 2.05) is 30.3 Å². The summed E-state index contributed by atoms with van der Waals surface area (Å²) in [7, 11) is -3.53. The summed E-state index contributed by atoms with van der Waals surface area (Å²) >= 11 is 1.34. The molecule has 0 saturated carbocycles. The van der Waals surface area contributed by atoms with Crippen LogP contribution in [0.1, 0.15) is 23.8 Å². The monoisotopic (exact) mass is 374 g/mol. The van der Waals surface area contributed by atoms with Gasteiger partial charge in [0.15, 0.2) is 0 Å². The SMILES string of the molecule is Nc1nnc([C@@H]2CCCN(S(=O)(=O)c3ccc4ccccc4c3)C2)s1. The molecule has 2 heterocycles. The second-order valence-electron chi connectivity index (χ2n) is 6.19. The van der Waals surface area contributed by atoms with Gasteiger partial charge in [-0.1, -0.05) is 41.7 Å². The summed E-state index contributed by atoms with van der Waals surface area (Å²) in [4.78, 5) is 0.337. The van der Waals surface area contributed by atoms with Gasteiger partial charge in [-0.15, -0.1) is 10.2 Å². The normalized spacial score (nSPS) is 19.3. The Bertz CT molecular complexity index is 1020. The quantitative estimate of drug-likeness (QED) is 0.761. The minimum Gasteiger partial charge on any atom is -0.374 e. The molecule has 3 aromatic rings. The maximum Gasteiger partial charge on any atom is 0.243 e. The number of hydrogen-bond acceptors (Lipinski definition) is 6. The summed E-state index contributed by atoms with van der Waals surface area (Å²) in [6.45, 7) is 0.948. The third-order valence-electron chi connectivity index (χ3n) is 4.55. The molecule has 0 amide bonds. The number of fused-ring (bicyclic) bond motifs is 1. The van der Waals surface area contributed by atoms with Crippen LogP contribution in [-0.4, -0.2) is 36.0 Å². The smallest absolute Gasteiger partial charge is 0.243 e. The molecule has 0 bridgehead atoms. The minimum absolute atomic E-state index is 0.0544. The predicted octanol–water partition coefficient (Wildman–Crippen LogP) is 2.84. The minimum atomic E-state index is -3.53. The molecule has 0 aliphatic carbocycles. The summed E-state index contributed by atoms with van der Waals surface area (Å²) in [6.07, 6.45) is 1.70. The zero-order valence-corrected chi connectivity index (χ0v) is 15.1. The van der Waals surface area contributed by atoms with Crippen molar-refractivity contribution in [1.29, 1.82) is 0 Å². The van der Waals surface area contributed by atoms with E-state index in [1.165, 1.54) is 11.3 Å². The number of piperidine rings is 1. The van der Waals surface area contributed by atoms with Crippen molar-refractivity contribution in [3.63, 3.8) is 0 Å². The molecule has 2 aromatic carbocycles. The molecule has 0 unspecified atom stereocenters. The Hall–Kier alpha value is -2.03. The fraction of sp³-hybridized carbons (Fsp3) is 0.294. The first-order chi connectivity index (χ1) is 12.0. The van der Waals surface area contributed by atoms with Gasteiger partial charge in [-0.05, 0) is 35.7 Å². The topological polar surface area (TPSA) is 89.2 Å². The number of aromatic nitrogens is 2. The van der Waals surface area contributed by atoms with Gasteiger partial charge in [-0.2, -0.15) is 4.31 Å². The highest BCUT2D eigenvalue weighted by Crippen LogP contribution is 2.32. The molecule has 1 aliphatic rings. The Morgan fingerprint density at radius 3 is 2.68 bits per heavy atom. The molecule has 2 N–H and O–H groups in total. The number of nitrogens with zero attached hydrogens (tertiary/aromatic N) is 3. The average molecular weight is 374 g/mol. The maximum atomic E-state index is 13.1. The van der Waals surface area contributed by atoms with Crippen molar-refractivity contribution in [2.75, 3.05) is 18.8 Å². The van der Waals surface area contributed by atoms with Crippen LogP contribution in [0, 0.1) is 0 Å². The van der Waals surface area contributed by atoms with E-state index in [2.05, 4.69) is 10.2 Å². The lowest BCUT2D eigenvalue weighted by Crippen LogP contribution is -2.39. The summed E-state index contributed by atoms with van der Waals surface area (Å²) < 4.78 is 27.7.